The van der Waals surface area contributed by atoms with Crippen molar-refractivity contribution in [1.82, 2.24) is 5.32 Å². The molecule has 3 heteroatoms. The third-order valence-corrected chi connectivity index (χ3v) is 3.05. The third-order valence-electron chi connectivity index (χ3n) is 3.05. The highest BCUT2D eigenvalue weighted by Crippen LogP contribution is 2.28. The van der Waals surface area contributed by atoms with E-state index < -0.39 is 0 Å². The van der Waals surface area contributed by atoms with Gasteiger partial charge >= 0.3 is 0 Å². The van der Waals surface area contributed by atoms with E-state index in [9.17, 15) is 0 Å². The second-order valence-corrected chi connectivity index (χ2v) is 4.79. The van der Waals surface area contributed by atoms with Gasteiger partial charge in [0.1, 0.15) is 12.4 Å². The first-order valence-corrected chi connectivity index (χ1v) is 6.88. The largest absolute Gasteiger partial charge is 0.491 e. The van der Waals surface area contributed by atoms with Crippen LogP contribution in [-0.2, 0) is 11.3 Å². The van der Waals surface area contributed by atoms with Crippen molar-refractivity contribution in [2.75, 3.05) is 26.4 Å². The fourth-order valence-corrected chi connectivity index (χ4v) is 1.73. The maximum absolute atomic E-state index is 5.62. The van der Waals surface area contributed by atoms with Gasteiger partial charge in [-0.3, -0.25) is 0 Å². The van der Waals surface area contributed by atoms with E-state index in [-0.39, 0.29) is 0 Å². The Balaban J connectivity index is 1.59. The summed E-state index contributed by atoms with van der Waals surface area (Å²) >= 11 is 0. The van der Waals surface area contributed by atoms with Gasteiger partial charge in [0, 0.05) is 13.2 Å². The Morgan fingerprint density at radius 3 is 2.61 bits per heavy atom. The van der Waals surface area contributed by atoms with Crippen LogP contribution >= 0.6 is 0 Å². The van der Waals surface area contributed by atoms with E-state index in [1.807, 2.05) is 12.1 Å². The van der Waals surface area contributed by atoms with E-state index in [2.05, 4.69) is 24.4 Å². The first kappa shape index (κ1) is 13.4. The highest BCUT2D eigenvalue weighted by Gasteiger charge is 2.20. The minimum absolute atomic E-state index is 0.638. The molecule has 1 saturated carbocycles. The van der Waals surface area contributed by atoms with E-state index in [0.717, 1.165) is 31.4 Å². The SMILES string of the molecule is CCNCc1ccc(OCCOCC2CC2)cc1. The topological polar surface area (TPSA) is 30.5 Å². The molecular formula is C15H23NO2. The van der Waals surface area contributed by atoms with E-state index in [1.165, 1.54) is 18.4 Å². The molecule has 3 nitrogen and oxygen atoms in total. The van der Waals surface area contributed by atoms with Crippen molar-refractivity contribution in [2.24, 2.45) is 5.92 Å². The van der Waals surface area contributed by atoms with E-state index in [1.54, 1.807) is 0 Å². The molecule has 0 unspecified atom stereocenters. The van der Waals surface area contributed by atoms with Crippen molar-refractivity contribution in [3.63, 3.8) is 0 Å². The summed E-state index contributed by atoms with van der Waals surface area (Å²) < 4.78 is 11.1. The van der Waals surface area contributed by atoms with Crippen molar-refractivity contribution in [3.05, 3.63) is 29.8 Å². The Bertz CT molecular complexity index is 333. The lowest BCUT2D eigenvalue weighted by Crippen LogP contribution is -2.11. The van der Waals surface area contributed by atoms with Crippen molar-refractivity contribution < 1.29 is 9.47 Å². The van der Waals surface area contributed by atoms with Gasteiger partial charge in [0.15, 0.2) is 0 Å². The van der Waals surface area contributed by atoms with Crippen LogP contribution in [0, 0.1) is 5.92 Å². The predicted molar refractivity (Wildman–Crippen MR) is 72.9 cm³/mol. The Hall–Kier alpha value is -1.06. The minimum Gasteiger partial charge on any atom is -0.491 e. The van der Waals surface area contributed by atoms with Crippen molar-refractivity contribution in [2.45, 2.75) is 26.3 Å². The first-order valence-electron chi connectivity index (χ1n) is 6.88. The zero-order valence-electron chi connectivity index (χ0n) is 11.2. The highest BCUT2D eigenvalue weighted by molar-refractivity contribution is 5.27. The fourth-order valence-electron chi connectivity index (χ4n) is 1.73. The van der Waals surface area contributed by atoms with Crippen LogP contribution in [0.1, 0.15) is 25.3 Å². The summed E-state index contributed by atoms with van der Waals surface area (Å²) in [6.07, 6.45) is 2.68. The van der Waals surface area contributed by atoms with Gasteiger partial charge in [-0.2, -0.15) is 0 Å². The third kappa shape index (κ3) is 5.07. The summed E-state index contributed by atoms with van der Waals surface area (Å²) in [5.41, 5.74) is 1.29. The maximum atomic E-state index is 5.62. The molecule has 100 valence electrons. The number of rotatable bonds is 9. The number of ether oxygens (including phenoxy) is 2. The maximum Gasteiger partial charge on any atom is 0.119 e. The van der Waals surface area contributed by atoms with Gasteiger partial charge in [-0.25, -0.2) is 0 Å². The molecule has 0 radical (unpaired) electrons. The van der Waals surface area contributed by atoms with Crippen molar-refractivity contribution in [1.29, 1.82) is 0 Å². The lowest BCUT2D eigenvalue weighted by Gasteiger charge is -2.08. The summed E-state index contributed by atoms with van der Waals surface area (Å²) in [4.78, 5) is 0. The molecule has 1 fully saturated rings. The van der Waals surface area contributed by atoms with Crippen LogP contribution in [0.25, 0.3) is 0 Å². The predicted octanol–water partition coefficient (Wildman–Crippen LogP) is 2.60. The summed E-state index contributed by atoms with van der Waals surface area (Å²) in [7, 11) is 0. The number of benzene rings is 1. The van der Waals surface area contributed by atoms with Gasteiger partial charge in [-0.1, -0.05) is 19.1 Å². The van der Waals surface area contributed by atoms with E-state index in [4.69, 9.17) is 9.47 Å². The molecule has 18 heavy (non-hydrogen) atoms. The van der Waals surface area contributed by atoms with Crippen LogP contribution < -0.4 is 10.1 Å². The monoisotopic (exact) mass is 249 g/mol. The molecule has 1 N–H and O–H groups in total. The average molecular weight is 249 g/mol. The molecule has 1 aliphatic rings. The van der Waals surface area contributed by atoms with Crippen molar-refractivity contribution in [3.8, 4) is 5.75 Å². The summed E-state index contributed by atoms with van der Waals surface area (Å²) in [6, 6.07) is 8.24. The Kier molecular flexibility index (Phi) is 5.49. The van der Waals surface area contributed by atoms with Crippen LogP contribution in [0.5, 0.6) is 5.75 Å². The molecule has 0 bridgehead atoms. The Labute approximate surface area is 109 Å². The average Bonchev–Trinajstić information content (AvgIpc) is 3.21. The smallest absolute Gasteiger partial charge is 0.119 e. The molecule has 1 aromatic rings. The van der Waals surface area contributed by atoms with Gasteiger partial charge in [-0.15, -0.1) is 0 Å². The first-order chi connectivity index (χ1) is 8.88. The molecule has 0 atom stereocenters. The summed E-state index contributed by atoms with van der Waals surface area (Å²) in [5, 5.41) is 3.30. The Morgan fingerprint density at radius 1 is 1.17 bits per heavy atom. The van der Waals surface area contributed by atoms with Gasteiger partial charge in [-0.05, 0) is 43.0 Å². The van der Waals surface area contributed by atoms with Gasteiger partial charge in [0.25, 0.3) is 0 Å². The minimum atomic E-state index is 0.638. The zero-order chi connectivity index (χ0) is 12.6. The van der Waals surface area contributed by atoms with Crippen LogP contribution in [0.15, 0.2) is 24.3 Å². The van der Waals surface area contributed by atoms with E-state index >= 15 is 0 Å². The number of nitrogens with one attached hydrogen (secondary N) is 1. The van der Waals surface area contributed by atoms with Crippen LogP contribution in [-0.4, -0.2) is 26.4 Å². The Morgan fingerprint density at radius 2 is 1.94 bits per heavy atom. The number of hydrogen-bond acceptors (Lipinski definition) is 3. The van der Waals surface area contributed by atoms with Crippen LogP contribution in [0.3, 0.4) is 0 Å². The molecule has 0 aliphatic heterocycles. The molecule has 0 amide bonds. The lowest BCUT2D eigenvalue weighted by molar-refractivity contribution is 0.0927. The second-order valence-electron chi connectivity index (χ2n) is 4.79. The molecule has 0 heterocycles. The summed E-state index contributed by atoms with van der Waals surface area (Å²) in [5.74, 6) is 1.75. The van der Waals surface area contributed by atoms with E-state index in [0.29, 0.717) is 13.2 Å². The zero-order valence-corrected chi connectivity index (χ0v) is 11.2. The molecule has 1 aromatic carbocycles. The fraction of sp³-hybridized carbons (Fsp3) is 0.600. The molecule has 1 aliphatic carbocycles. The van der Waals surface area contributed by atoms with Crippen LogP contribution in [0.4, 0.5) is 0 Å². The van der Waals surface area contributed by atoms with Gasteiger partial charge < -0.3 is 14.8 Å². The lowest BCUT2D eigenvalue weighted by atomic mass is 10.2. The van der Waals surface area contributed by atoms with Crippen molar-refractivity contribution >= 4 is 0 Å². The molecule has 0 spiro atoms. The van der Waals surface area contributed by atoms with Gasteiger partial charge in [0.2, 0.25) is 0 Å². The second kappa shape index (κ2) is 7.39. The highest BCUT2D eigenvalue weighted by atomic mass is 16.5. The molecule has 0 aromatic heterocycles. The summed E-state index contributed by atoms with van der Waals surface area (Å²) in [6.45, 7) is 6.26. The standard InChI is InChI=1S/C15H23NO2/c1-2-16-11-13-5-7-15(8-6-13)18-10-9-17-12-14-3-4-14/h5-8,14,16H,2-4,9-12H2,1H3. The molecular weight excluding hydrogens is 226 g/mol. The normalized spacial score (nSPS) is 14.7. The molecule has 0 saturated heterocycles. The molecule has 2 rings (SSSR count). The number of hydrogen-bond donors (Lipinski definition) is 1. The van der Waals surface area contributed by atoms with Crippen LogP contribution in [0.2, 0.25) is 0 Å². The van der Waals surface area contributed by atoms with Gasteiger partial charge in [0.05, 0.1) is 6.61 Å². The quantitative estimate of drug-likeness (QED) is 0.682.